The molecule has 11 heteroatoms. The molecule has 2 aromatic heterocycles. The SMILES string of the molecule is COc1ccc(-c2nn(CC(=O)N/N=C/c3coc4c(Cl)cc(Cl)cc4c3=O)c(=O)c3ccccc23)cc1. The van der Waals surface area contributed by atoms with Gasteiger partial charge in [-0.05, 0) is 42.5 Å². The normalized spacial score (nSPS) is 11.3. The molecule has 0 unspecified atom stereocenters. The predicted molar refractivity (Wildman–Crippen MR) is 146 cm³/mol. The number of hydrazone groups is 1. The third-order valence-corrected chi connectivity index (χ3v) is 6.24. The Morgan fingerprint density at radius 3 is 2.55 bits per heavy atom. The highest BCUT2D eigenvalue weighted by Gasteiger charge is 2.15. The molecule has 5 aromatic rings. The number of hydrogen-bond acceptors (Lipinski definition) is 7. The molecule has 0 saturated heterocycles. The van der Waals surface area contributed by atoms with Gasteiger partial charge < -0.3 is 9.15 Å². The Balaban J connectivity index is 1.41. The molecule has 0 atom stereocenters. The van der Waals surface area contributed by atoms with Gasteiger partial charge in [0.1, 0.15) is 18.6 Å². The quantitative estimate of drug-likeness (QED) is 0.244. The van der Waals surface area contributed by atoms with Gasteiger partial charge in [-0.2, -0.15) is 10.2 Å². The molecule has 0 radical (unpaired) electrons. The van der Waals surface area contributed by atoms with Crippen LogP contribution in [0.1, 0.15) is 5.56 Å². The lowest BCUT2D eigenvalue weighted by atomic mass is 10.0. The fourth-order valence-corrected chi connectivity index (χ4v) is 4.46. The standard InChI is InChI=1S/C27H18Cl2N4O5/c1-37-18-8-6-15(7-9-18)24-19-4-2-3-5-20(19)27(36)33(32-24)13-23(34)31-30-12-16-14-38-26-21(25(16)35)10-17(28)11-22(26)29/h2-12,14H,13H2,1H3,(H,31,34)/b30-12+. The summed E-state index contributed by atoms with van der Waals surface area (Å²) in [6.07, 6.45) is 2.31. The summed E-state index contributed by atoms with van der Waals surface area (Å²) in [4.78, 5) is 38.4. The molecule has 1 amide bonds. The summed E-state index contributed by atoms with van der Waals surface area (Å²) in [6.45, 7) is -0.401. The average Bonchev–Trinajstić information content (AvgIpc) is 2.92. The molecular formula is C27H18Cl2N4O5. The molecule has 5 rings (SSSR count). The number of ether oxygens (including phenoxy) is 1. The minimum absolute atomic E-state index is 0.0684. The fraction of sp³-hybridized carbons (Fsp3) is 0.0741. The van der Waals surface area contributed by atoms with Gasteiger partial charge in [0.25, 0.3) is 11.5 Å². The van der Waals surface area contributed by atoms with Crippen LogP contribution < -0.4 is 21.2 Å². The molecule has 38 heavy (non-hydrogen) atoms. The smallest absolute Gasteiger partial charge is 0.275 e. The number of amides is 1. The van der Waals surface area contributed by atoms with Crippen molar-refractivity contribution in [2.45, 2.75) is 6.54 Å². The molecule has 190 valence electrons. The van der Waals surface area contributed by atoms with Crippen LogP contribution in [0, 0.1) is 0 Å². The van der Waals surface area contributed by atoms with Gasteiger partial charge in [-0.15, -0.1) is 0 Å². The highest BCUT2D eigenvalue weighted by molar-refractivity contribution is 6.38. The average molecular weight is 549 g/mol. The molecule has 0 aliphatic carbocycles. The van der Waals surface area contributed by atoms with E-state index in [0.29, 0.717) is 22.2 Å². The number of aromatic nitrogens is 2. The maximum Gasteiger partial charge on any atom is 0.275 e. The van der Waals surface area contributed by atoms with Crippen LogP contribution >= 0.6 is 23.2 Å². The second kappa shape index (κ2) is 10.5. The lowest BCUT2D eigenvalue weighted by molar-refractivity contribution is -0.121. The zero-order chi connectivity index (χ0) is 26.8. The van der Waals surface area contributed by atoms with E-state index in [2.05, 4.69) is 15.6 Å². The Morgan fingerprint density at radius 2 is 1.82 bits per heavy atom. The second-order valence-electron chi connectivity index (χ2n) is 8.16. The van der Waals surface area contributed by atoms with Crippen LogP contribution in [0.25, 0.3) is 33.0 Å². The molecular weight excluding hydrogens is 531 g/mol. The van der Waals surface area contributed by atoms with Crippen LogP contribution in [-0.2, 0) is 11.3 Å². The van der Waals surface area contributed by atoms with Crippen LogP contribution in [0.4, 0.5) is 0 Å². The summed E-state index contributed by atoms with van der Waals surface area (Å²) in [5, 5.41) is 10.0. The summed E-state index contributed by atoms with van der Waals surface area (Å²) in [5.41, 5.74) is 2.99. The summed E-state index contributed by atoms with van der Waals surface area (Å²) in [5.74, 6) is 0.0540. The van der Waals surface area contributed by atoms with E-state index >= 15 is 0 Å². The van der Waals surface area contributed by atoms with E-state index in [0.717, 1.165) is 16.5 Å². The summed E-state index contributed by atoms with van der Waals surface area (Å²) in [6, 6.07) is 17.1. The largest absolute Gasteiger partial charge is 0.497 e. The second-order valence-corrected chi connectivity index (χ2v) is 9.01. The molecule has 3 aromatic carbocycles. The number of rotatable bonds is 6. The minimum Gasteiger partial charge on any atom is -0.497 e. The first-order valence-corrected chi connectivity index (χ1v) is 12.0. The van der Waals surface area contributed by atoms with Gasteiger partial charge in [0, 0.05) is 16.0 Å². The van der Waals surface area contributed by atoms with E-state index in [-0.39, 0.29) is 26.6 Å². The molecule has 0 fully saturated rings. The molecule has 2 heterocycles. The van der Waals surface area contributed by atoms with E-state index in [9.17, 15) is 14.4 Å². The van der Waals surface area contributed by atoms with E-state index in [1.54, 1.807) is 37.4 Å². The Morgan fingerprint density at radius 1 is 1.08 bits per heavy atom. The number of fused-ring (bicyclic) bond motifs is 2. The number of benzene rings is 3. The number of carbonyl (C=O) groups is 1. The molecule has 0 bridgehead atoms. The van der Waals surface area contributed by atoms with Gasteiger partial charge in [-0.3, -0.25) is 14.4 Å². The van der Waals surface area contributed by atoms with Crippen molar-refractivity contribution in [2.75, 3.05) is 7.11 Å². The van der Waals surface area contributed by atoms with Crippen LogP contribution in [0.5, 0.6) is 5.75 Å². The zero-order valence-electron chi connectivity index (χ0n) is 19.8. The van der Waals surface area contributed by atoms with Gasteiger partial charge in [-0.25, -0.2) is 10.1 Å². The van der Waals surface area contributed by atoms with Crippen molar-refractivity contribution >= 4 is 57.1 Å². The molecule has 0 saturated carbocycles. The van der Waals surface area contributed by atoms with Crippen LogP contribution in [-0.4, -0.2) is 29.0 Å². The highest BCUT2D eigenvalue weighted by Crippen LogP contribution is 2.27. The van der Waals surface area contributed by atoms with E-state index in [4.69, 9.17) is 32.4 Å². The molecule has 1 N–H and O–H groups in total. The van der Waals surface area contributed by atoms with E-state index in [1.807, 2.05) is 18.2 Å². The Bertz CT molecular complexity index is 1850. The van der Waals surface area contributed by atoms with E-state index < -0.39 is 23.4 Å². The van der Waals surface area contributed by atoms with Gasteiger partial charge in [-0.1, -0.05) is 41.4 Å². The third kappa shape index (κ3) is 4.89. The Labute approximate surface area is 224 Å². The first kappa shape index (κ1) is 25.2. The Kier molecular flexibility index (Phi) is 6.95. The van der Waals surface area contributed by atoms with Gasteiger partial charge in [0.2, 0.25) is 5.43 Å². The van der Waals surface area contributed by atoms with Crippen LogP contribution in [0.3, 0.4) is 0 Å². The Hall–Kier alpha value is -4.47. The fourth-order valence-electron chi connectivity index (χ4n) is 3.92. The number of nitrogens with zero attached hydrogens (tertiary/aromatic N) is 3. The monoisotopic (exact) mass is 548 g/mol. The molecule has 9 nitrogen and oxygen atoms in total. The predicted octanol–water partition coefficient (Wildman–Crippen LogP) is 4.64. The lowest BCUT2D eigenvalue weighted by Gasteiger charge is -2.11. The summed E-state index contributed by atoms with van der Waals surface area (Å²) < 4.78 is 11.7. The number of methoxy groups -OCH3 is 1. The lowest BCUT2D eigenvalue weighted by Crippen LogP contribution is -2.32. The van der Waals surface area contributed by atoms with Crippen molar-refractivity contribution in [3.63, 3.8) is 0 Å². The number of halogens is 2. The van der Waals surface area contributed by atoms with Crippen molar-refractivity contribution in [1.29, 1.82) is 0 Å². The van der Waals surface area contributed by atoms with Crippen molar-refractivity contribution < 1.29 is 13.9 Å². The van der Waals surface area contributed by atoms with Gasteiger partial charge in [0.15, 0.2) is 5.58 Å². The van der Waals surface area contributed by atoms with Gasteiger partial charge >= 0.3 is 0 Å². The first-order chi connectivity index (χ1) is 18.4. The van der Waals surface area contributed by atoms with Crippen LogP contribution in [0.15, 0.2) is 86.0 Å². The number of carbonyl (C=O) groups excluding carboxylic acids is 1. The first-order valence-electron chi connectivity index (χ1n) is 11.2. The topological polar surface area (TPSA) is 116 Å². The maximum absolute atomic E-state index is 13.1. The molecule has 0 spiro atoms. The molecule has 0 aliphatic heterocycles. The van der Waals surface area contributed by atoms with Crippen molar-refractivity contribution in [2.24, 2.45) is 5.10 Å². The highest BCUT2D eigenvalue weighted by atomic mass is 35.5. The summed E-state index contributed by atoms with van der Waals surface area (Å²) >= 11 is 12.1. The molecule has 0 aliphatic rings. The van der Waals surface area contributed by atoms with Crippen molar-refractivity contribution in [3.05, 3.63) is 103 Å². The zero-order valence-corrected chi connectivity index (χ0v) is 21.3. The number of nitrogens with one attached hydrogen (secondary N) is 1. The van der Waals surface area contributed by atoms with Crippen molar-refractivity contribution in [3.8, 4) is 17.0 Å². The van der Waals surface area contributed by atoms with Crippen LogP contribution in [0.2, 0.25) is 10.0 Å². The third-order valence-electron chi connectivity index (χ3n) is 5.74. The van der Waals surface area contributed by atoms with Gasteiger partial charge in [0.05, 0.1) is 40.4 Å². The number of hydrogen-bond donors (Lipinski definition) is 1. The van der Waals surface area contributed by atoms with E-state index in [1.165, 1.54) is 18.4 Å². The van der Waals surface area contributed by atoms with Crippen molar-refractivity contribution in [1.82, 2.24) is 15.2 Å². The summed E-state index contributed by atoms with van der Waals surface area (Å²) in [7, 11) is 1.57. The maximum atomic E-state index is 13.1. The minimum atomic E-state index is -0.622.